The van der Waals surface area contributed by atoms with Gasteiger partial charge < -0.3 is 9.53 Å². The van der Waals surface area contributed by atoms with Crippen molar-refractivity contribution >= 4 is 18.0 Å². The molecule has 2 aliphatic carbocycles. The summed E-state index contributed by atoms with van der Waals surface area (Å²) < 4.78 is 5.50. The molecule has 0 aromatic carbocycles. The van der Waals surface area contributed by atoms with E-state index >= 15 is 0 Å². The molecule has 0 unspecified atom stereocenters. The lowest BCUT2D eigenvalue weighted by Crippen LogP contribution is -2.20. The summed E-state index contributed by atoms with van der Waals surface area (Å²) in [5.74, 6) is -1.03. The highest BCUT2D eigenvalue weighted by Crippen LogP contribution is 2.57. The molecule has 0 aromatic rings. The Hall–Kier alpha value is -1.97. The van der Waals surface area contributed by atoms with Gasteiger partial charge in [0.1, 0.15) is 12.4 Å². The van der Waals surface area contributed by atoms with Gasteiger partial charge in [-0.3, -0.25) is 9.59 Å². The minimum Gasteiger partial charge on any atom is -0.457 e. The van der Waals surface area contributed by atoms with E-state index in [1.54, 1.807) is 12.2 Å². The molecule has 4 heteroatoms. The normalized spacial score (nSPS) is 29.8. The van der Waals surface area contributed by atoms with Crippen molar-refractivity contribution in [1.29, 1.82) is 0 Å². The second kappa shape index (κ2) is 6.03. The van der Waals surface area contributed by atoms with Gasteiger partial charge in [0.2, 0.25) is 0 Å². The summed E-state index contributed by atoms with van der Waals surface area (Å²) in [6.07, 6.45) is 6.36. The Bertz CT molecular complexity index is 580. The molecule has 0 heterocycles. The van der Waals surface area contributed by atoms with E-state index < -0.39 is 12.0 Å². The lowest BCUT2D eigenvalue weighted by Gasteiger charge is -2.13. The van der Waals surface area contributed by atoms with E-state index in [0.29, 0.717) is 12.0 Å². The highest BCUT2D eigenvalue weighted by molar-refractivity contribution is 6.00. The van der Waals surface area contributed by atoms with Crippen molar-refractivity contribution < 1.29 is 19.1 Å². The third kappa shape index (κ3) is 2.82. The Balaban J connectivity index is 2.04. The summed E-state index contributed by atoms with van der Waals surface area (Å²) in [7, 11) is 0. The van der Waals surface area contributed by atoms with E-state index in [0.717, 1.165) is 11.9 Å². The smallest absolute Gasteiger partial charge is 0.310 e. The molecule has 22 heavy (non-hydrogen) atoms. The van der Waals surface area contributed by atoms with Crippen LogP contribution in [0.2, 0.25) is 0 Å². The zero-order valence-electron chi connectivity index (χ0n) is 13.3. The second-order valence-electron chi connectivity index (χ2n) is 6.54. The van der Waals surface area contributed by atoms with Crippen LogP contribution >= 0.6 is 0 Å². The molecule has 2 aliphatic rings. The minimum atomic E-state index is -0.490. The number of ether oxygens (including phenoxy) is 1. The van der Waals surface area contributed by atoms with Crippen LogP contribution in [0.4, 0.5) is 0 Å². The minimum absolute atomic E-state index is 0.0195. The van der Waals surface area contributed by atoms with Gasteiger partial charge in [0.05, 0.1) is 12.3 Å². The van der Waals surface area contributed by atoms with Crippen LogP contribution in [-0.4, -0.2) is 24.1 Å². The van der Waals surface area contributed by atoms with Gasteiger partial charge in [-0.15, -0.1) is 0 Å². The summed E-state index contributed by atoms with van der Waals surface area (Å²) in [6, 6.07) is 0. The van der Waals surface area contributed by atoms with Crippen molar-refractivity contribution in [3.05, 3.63) is 36.0 Å². The second-order valence-corrected chi connectivity index (χ2v) is 6.54. The number of esters is 1. The summed E-state index contributed by atoms with van der Waals surface area (Å²) in [4.78, 5) is 35.2. The number of aldehydes is 1. The Morgan fingerprint density at radius 1 is 1.45 bits per heavy atom. The van der Waals surface area contributed by atoms with E-state index in [4.69, 9.17) is 4.74 Å². The Kier molecular flexibility index (Phi) is 4.50. The molecule has 0 spiro atoms. The van der Waals surface area contributed by atoms with E-state index in [2.05, 4.69) is 6.58 Å². The molecule has 0 N–H and O–H groups in total. The van der Waals surface area contributed by atoms with Crippen molar-refractivity contribution in [1.82, 2.24) is 0 Å². The van der Waals surface area contributed by atoms with Gasteiger partial charge in [-0.05, 0) is 24.3 Å². The number of allylic oxidation sites excluding steroid dienone is 4. The first-order chi connectivity index (χ1) is 10.3. The Labute approximate surface area is 130 Å². The topological polar surface area (TPSA) is 60.4 Å². The van der Waals surface area contributed by atoms with Crippen LogP contribution in [0.5, 0.6) is 0 Å². The number of carbonyl (C=O) groups is 3. The van der Waals surface area contributed by atoms with Crippen LogP contribution in [0.1, 0.15) is 33.6 Å². The maximum Gasteiger partial charge on any atom is 0.310 e. The summed E-state index contributed by atoms with van der Waals surface area (Å²) in [5.41, 5.74) is 1.18. The maximum atomic E-state index is 12.2. The highest BCUT2D eigenvalue weighted by atomic mass is 16.5. The van der Waals surface area contributed by atoms with Gasteiger partial charge in [-0.1, -0.05) is 38.7 Å². The lowest BCUT2D eigenvalue weighted by atomic mass is 10.1. The number of Topliss-reactive ketones (excluding diaryl/α,β-unsaturated/α-hetero) is 1. The van der Waals surface area contributed by atoms with Crippen LogP contribution in [0.15, 0.2) is 36.0 Å². The lowest BCUT2D eigenvalue weighted by molar-refractivity contribution is -0.150. The van der Waals surface area contributed by atoms with E-state index in [-0.39, 0.29) is 29.5 Å². The monoisotopic (exact) mass is 302 g/mol. The van der Waals surface area contributed by atoms with E-state index in [1.165, 1.54) is 0 Å². The summed E-state index contributed by atoms with van der Waals surface area (Å²) in [6.45, 7) is 9.18. The first-order valence-corrected chi connectivity index (χ1v) is 7.50. The third-order valence-electron chi connectivity index (χ3n) is 4.83. The van der Waals surface area contributed by atoms with Crippen molar-refractivity contribution in [3.8, 4) is 0 Å². The molecule has 0 aliphatic heterocycles. The van der Waals surface area contributed by atoms with Gasteiger partial charge in [-0.25, -0.2) is 0 Å². The first kappa shape index (κ1) is 16.4. The molecule has 0 radical (unpaired) electrons. The van der Waals surface area contributed by atoms with Gasteiger partial charge in [-0.2, -0.15) is 0 Å². The average molecular weight is 302 g/mol. The standard InChI is InChI=1S/C18H22O4/c1-5-6-7-8-12-11(2)15(9-14(12)20)22-17(21)16-13(10-19)18(16,3)4/h5-7,10,13,15-16H,1,8-9H2,2-4H3/b7-6-/t13-,15+,16+/m1/s1. The maximum absolute atomic E-state index is 12.2. The molecule has 1 fully saturated rings. The molecular weight excluding hydrogens is 280 g/mol. The first-order valence-electron chi connectivity index (χ1n) is 7.50. The highest BCUT2D eigenvalue weighted by Gasteiger charge is 2.63. The Morgan fingerprint density at radius 2 is 2.14 bits per heavy atom. The predicted molar refractivity (Wildman–Crippen MR) is 83.0 cm³/mol. The Morgan fingerprint density at radius 3 is 2.68 bits per heavy atom. The van der Waals surface area contributed by atoms with Crippen LogP contribution in [0, 0.1) is 17.3 Å². The summed E-state index contributed by atoms with van der Waals surface area (Å²) in [5, 5.41) is 0. The molecule has 2 rings (SSSR count). The molecule has 0 aromatic heterocycles. The molecule has 1 saturated carbocycles. The quantitative estimate of drug-likeness (QED) is 0.430. The number of rotatable bonds is 6. The largest absolute Gasteiger partial charge is 0.457 e. The van der Waals surface area contributed by atoms with Crippen molar-refractivity contribution in [2.45, 2.75) is 39.7 Å². The van der Waals surface area contributed by atoms with Crippen molar-refractivity contribution in [3.63, 3.8) is 0 Å². The number of carbonyl (C=O) groups excluding carboxylic acids is 3. The van der Waals surface area contributed by atoms with Crippen LogP contribution in [0.25, 0.3) is 0 Å². The SMILES string of the molecule is C=C/C=C\CC1=C(C)[C@@H](OC(=O)[C@@H]2[C@@H](C=O)C2(C)C)CC1=O. The summed E-state index contributed by atoms with van der Waals surface area (Å²) >= 11 is 0. The molecule has 4 nitrogen and oxygen atoms in total. The molecule has 0 bridgehead atoms. The molecule has 0 saturated heterocycles. The van der Waals surface area contributed by atoms with Crippen LogP contribution < -0.4 is 0 Å². The number of ketones is 1. The number of hydrogen-bond donors (Lipinski definition) is 0. The van der Waals surface area contributed by atoms with Crippen molar-refractivity contribution in [2.24, 2.45) is 17.3 Å². The fourth-order valence-electron chi connectivity index (χ4n) is 3.14. The van der Waals surface area contributed by atoms with Crippen molar-refractivity contribution in [2.75, 3.05) is 0 Å². The average Bonchev–Trinajstić information content (AvgIpc) is 2.93. The predicted octanol–water partition coefficient (Wildman–Crippen LogP) is 2.79. The van der Waals surface area contributed by atoms with Crippen LogP contribution in [0.3, 0.4) is 0 Å². The fourth-order valence-corrected chi connectivity index (χ4v) is 3.14. The molecule has 3 atom stereocenters. The van der Waals surface area contributed by atoms with Crippen LogP contribution in [-0.2, 0) is 19.1 Å². The zero-order chi connectivity index (χ0) is 16.5. The molecule has 0 amide bonds. The van der Waals surface area contributed by atoms with Gasteiger partial charge in [0.25, 0.3) is 0 Å². The number of hydrogen-bond acceptors (Lipinski definition) is 4. The van der Waals surface area contributed by atoms with Gasteiger partial charge in [0.15, 0.2) is 5.78 Å². The molecular formula is C18H22O4. The van der Waals surface area contributed by atoms with Gasteiger partial charge in [0, 0.05) is 11.5 Å². The third-order valence-corrected chi connectivity index (χ3v) is 4.83. The fraction of sp³-hybridized carbons (Fsp3) is 0.500. The van der Waals surface area contributed by atoms with E-state index in [9.17, 15) is 14.4 Å². The van der Waals surface area contributed by atoms with E-state index in [1.807, 2.05) is 26.8 Å². The zero-order valence-corrected chi connectivity index (χ0v) is 13.3. The van der Waals surface area contributed by atoms with Gasteiger partial charge >= 0.3 is 5.97 Å². The molecule has 118 valence electrons.